The Morgan fingerprint density at radius 1 is 1.27 bits per heavy atom. The second-order valence-corrected chi connectivity index (χ2v) is 5.82. The van der Waals surface area contributed by atoms with Crippen molar-refractivity contribution in [3.8, 4) is 11.5 Å². The molecular formula is C17H26N2O3. The van der Waals surface area contributed by atoms with Crippen LogP contribution in [0.3, 0.4) is 0 Å². The lowest BCUT2D eigenvalue weighted by Crippen LogP contribution is -2.45. The van der Waals surface area contributed by atoms with E-state index in [4.69, 9.17) is 15.2 Å². The molecular weight excluding hydrogens is 280 g/mol. The number of ether oxygens (including phenoxy) is 2. The second kappa shape index (κ2) is 8.03. The van der Waals surface area contributed by atoms with Gasteiger partial charge < -0.3 is 20.5 Å². The van der Waals surface area contributed by atoms with Crippen LogP contribution in [-0.2, 0) is 11.2 Å². The summed E-state index contributed by atoms with van der Waals surface area (Å²) in [6, 6.07) is 5.63. The average Bonchev–Trinajstić information content (AvgIpc) is 3.06. The number of carbonyl (C=O) groups excluding carboxylic acids is 1. The van der Waals surface area contributed by atoms with Crippen molar-refractivity contribution in [3.63, 3.8) is 0 Å². The van der Waals surface area contributed by atoms with E-state index in [0.717, 1.165) is 5.56 Å². The van der Waals surface area contributed by atoms with Crippen LogP contribution in [0.5, 0.6) is 11.5 Å². The van der Waals surface area contributed by atoms with Gasteiger partial charge in [-0.2, -0.15) is 0 Å². The lowest BCUT2D eigenvalue weighted by atomic mass is 9.98. The molecule has 3 N–H and O–H groups in total. The summed E-state index contributed by atoms with van der Waals surface area (Å²) < 4.78 is 10.5. The van der Waals surface area contributed by atoms with E-state index < -0.39 is 0 Å². The molecule has 0 radical (unpaired) electrons. The summed E-state index contributed by atoms with van der Waals surface area (Å²) in [5.74, 6) is 1.84. The van der Waals surface area contributed by atoms with Crippen molar-refractivity contribution in [1.82, 2.24) is 5.32 Å². The van der Waals surface area contributed by atoms with Crippen LogP contribution >= 0.6 is 0 Å². The Morgan fingerprint density at radius 3 is 2.55 bits per heavy atom. The summed E-state index contributed by atoms with van der Waals surface area (Å²) in [4.78, 5) is 12.3. The standard InChI is InChI=1S/C17H26N2O3/c1-21-15-8-7-12(9-16(15)22-2)10-17(20)19-14(11-18)13-5-3-4-6-13/h7-9,13-14H,3-6,10-11,18H2,1-2H3,(H,19,20). The number of carbonyl (C=O) groups is 1. The van der Waals surface area contributed by atoms with Crippen LogP contribution in [0.25, 0.3) is 0 Å². The number of rotatable bonds is 7. The summed E-state index contributed by atoms with van der Waals surface area (Å²) in [7, 11) is 3.18. The van der Waals surface area contributed by atoms with Crippen LogP contribution in [0.15, 0.2) is 18.2 Å². The number of benzene rings is 1. The number of nitrogens with one attached hydrogen (secondary N) is 1. The smallest absolute Gasteiger partial charge is 0.224 e. The van der Waals surface area contributed by atoms with Gasteiger partial charge in [0.15, 0.2) is 11.5 Å². The molecule has 5 heteroatoms. The molecule has 1 aliphatic rings. The topological polar surface area (TPSA) is 73.6 Å². The van der Waals surface area contributed by atoms with Crippen LogP contribution in [0, 0.1) is 5.92 Å². The molecule has 0 saturated heterocycles. The fourth-order valence-corrected chi connectivity index (χ4v) is 3.16. The lowest BCUT2D eigenvalue weighted by molar-refractivity contribution is -0.121. The van der Waals surface area contributed by atoms with Gasteiger partial charge in [-0.25, -0.2) is 0 Å². The molecule has 1 aliphatic carbocycles. The maximum absolute atomic E-state index is 12.3. The zero-order chi connectivity index (χ0) is 15.9. The predicted octanol–water partition coefficient (Wildman–Crippen LogP) is 1.88. The molecule has 1 amide bonds. The Bertz CT molecular complexity index is 499. The first-order chi connectivity index (χ1) is 10.7. The van der Waals surface area contributed by atoms with Gasteiger partial charge in [-0.15, -0.1) is 0 Å². The number of amides is 1. The minimum Gasteiger partial charge on any atom is -0.493 e. The van der Waals surface area contributed by atoms with Gasteiger partial charge in [-0.3, -0.25) is 4.79 Å². The zero-order valence-corrected chi connectivity index (χ0v) is 13.4. The fraction of sp³-hybridized carbons (Fsp3) is 0.588. The monoisotopic (exact) mass is 306 g/mol. The Labute approximate surface area is 132 Å². The van der Waals surface area contributed by atoms with Crippen LogP contribution in [0.2, 0.25) is 0 Å². The number of hydrogen-bond donors (Lipinski definition) is 2. The first kappa shape index (κ1) is 16.6. The van der Waals surface area contributed by atoms with Gasteiger partial charge in [-0.1, -0.05) is 18.9 Å². The minimum atomic E-state index is 0.00886. The second-order valence-electron chi connectivity index (χ2n) is 5.82. The highest BCUT2D eigenvalue weighted by Gasteiger charge is 2.25. The molecule has 22 heavy (non-hydrogen) atoms. The molecule has 0 heterocycles. The van der Waals surface area contributed by atoms with E-state index in [1.165, 1.54) is 25.7 Å². The summed E-state index contributed by atoms with van der Waals surface area (Å²) >= 11 is 0. The average molecular weight is 306 g/mol. The first-order valence-electron chi connectivity index (χ1n) is 7.88. The quantitative estimate of drug-likeness (QED) is 0.806. The number of methoxy groups -OCH3 is 2. The Hall–Kier alpha value is -1.75. The summed E-state index contributed by atoms with van der Waals surface area (Å²) in [5, 5.41) is 3.09. The Balaban J connectivity index is 1.96. The van der Waals surface area contributed by atoms with Gasteiger partial charge >= 0.3 is 0 Å². The van der Waals surface area contributed by atoms with Crippen LogP contribution < -0.4 is 20.5 Å². The zero-order valence-electron chi connectivity index (χ0n) is 13.4. The van der Waals surface area contributed by atoms with E-state index in [1.807, 2.05) is 18.2 Å². The fourth-order valence-electron chi connectivity index (χ4n) is 3.16. The molecule has 0 spiro atoms. The SMILES string of the molecule is COc1ccc(CC(=O)NC(CN)C2CCCC2)cc1OC. The number of hydrogen-bond acceptors (Lipinski definition) is 4. The molecule has 122 valence electrons. The van der Waals surface area contributed by atoms with Crippen molar-refractivity contribution in [2.24, 2.45) is 11.7 Å². The van der Waals surface area contributed by atoms with Crippen LogP contribution in [-0.4, -0.2) is 32.7 Å². The van der Waals surface area contributed by atoms with E-state index in [2.05, 4.69) is 5.32 Å². The van der Waals surface area contributed by atoms with E-state index in [0.29, 0.717) is 30.4 Å². The van der Waals surface area contributed by atoms with Crippen molar-refractivity contribution in [2.75, 3.05) is 20.8 Å². The molecule has 5 nitrogen and oxygen atoms in total. The third kappa shape index (κ3) is 4.13. The normalized spacial score (nSPS) is 16.3. The third-order valence-electron chi connectivity index (χ3n) is 4.38. The highest BCUT2D eigenvalue weighted by atomic mass is 16.5. The van der Waals surface area contributed by atoms with Crippen LogP contribution in [0.1, 0.15) is 31.2 Å². The van der Waals surface area contributed by atoms with E-state index >= 15 is 0 Å². The predicted molar refractivity (Wildman–Crippen MR) is 86.2 cm³/mol. The van der Waals surface area contributed by atoms with Gasteiger partial charge in [0.2, 0.25) is 5.91 Å². The maximum Gasteiger partial charge on any atom is 0.224 e. The van der Waals surface area contributed by atoms with Gasteiger partial charge in [0.25, 0.3) is 0 Å². The summed E-state index contributed by atoms with van der Waals surface area (Å²) in [6.45, 7) is 0.502. The summed E-state index contributed by atoms with van der Waals surface area (Å²) in [6.07, 6.45) is 5.14. The van der Waals surface area contributed by atoms with Crippen LogP contribution in [0.4, 0.5) is 0 Å². The maximum atomic E-state index is 12.3. The largest absolute Gasteiger partial charge is 0.493 e. The Morgan fingerprint density at radius 2 is 1.95 bits per heavy atom. The van der Waals surface area contributed by atoms with Crippen molar-refractivity contribution in [3.05, 3.63) is 23.8 Å². The van der Waals surface area contributed by atoms with Gasteiger partial charge in [-0.05, 0) is 36.5 Å². The van der Waals surface area contributed by atoms with Crippen molar-refractivity contribution >= 4 is 5.91 Å². The molecule has 1 unspecified atom stereocenters. The lowest BCUT2D eigenvalue weighted by Gasteiger charge is -2.23. The molecule has 0 aliphatic heterocycles. The van der Waals surface area contributed by atoms with Crippen molar-refractivity contribution < 1.29 is 14.3 Å². The van der Waals surface area contributed by atoms with Gasteiger partial charge in [0.1, 0.15) is 0 Å². The molecule has 2 rings (SSSR count). The van der Waals surface area contributed by atoms with Gasteiger partial charge in [0, 0.05) is 12.6 Å². The third-order valence-corrected chi connectivity index (χ3v) is 4.38. The Kier molecular flexibility index (Phi) is 6.07. The van der Waals surface area contributed by atoms with E-state index in [9.17, 15) is 4.79 Å². The van der Waals surface area contributed by atoms with E-state index in [1.54, 1.807) is 14.2 Å². The molecule has 1 aromatic carbocycles. The highest BCUT2D eigenvalue weighted by Crippen LogP contribution is 2.29. The molecule has 0 aromatic heterocycles. The molecule has 1 atom stereocenters. The van der Waals surface area contributed by atoms with Crippen molar-refractivity contribution in [1.29, 1.82) is 0 Å². The molecule has 1 saturated carbocycles. The minimum absolute atomic E-state index is 0.00886. The molecule has 0 bridgehead atoms. The first-order valence-corrected chi connectivity index (χ1v) is 7.88. The van der Waals surface area contributed by atoms with Crippen molar-refractivity contribution in [2.45, 2.75) is 38.1 Å². The number of nitrogens with two attached hydrogens (primary N) is 1. The summed E-state index contributed by atoms with van der Waals surface area (Å²) in [5.41, 5.74) is 6.73. The molecule has 1 aromatic rings. The highest BCUT2D eigenvalue weighted by molar-refractivity contribution is 5.79. The molecule has 1 fully saturated rings. The van der Waals surface area contributed by atoms with E-state index in [-0.39, 0.29) is 11.9 Å². The van der Waals surface area contributed by atoms with Gasteiger partial charge in [0.05, 0.1) is 20.6 Å².